The lowest BCUT2D eigenvalue weighted by molar-refractivity contribution is 0.0383. The number of aryl methyl sites for hydroxylation is 1. The van der Waals surface area contributed by atoms with Crippen LogP contribution in [0.4, 0.5) is 0 Å². The van der Waals surface area contributed by atoms with Gasteiger partial charge in [0.2, 0.25) is 0 Å². The Kier molecular flexibility index (Phi) is 6.42. The molecule has 0 aromatic heterocycles. The molecule has 1 heterocycles. The van der Waals surface area contributed by atoms with Crippen LogP contribution in [-0.4, -0.2) is 57.3 Å². The zero-order chi connectivity index (χ0) is 16.8. The average molecular weight is 320 g/mol. The van der Waals surface area contributed by atoms with Gasteiger partial charge in [-0.2, -0.15) is 0 Å². The van der Waals surface area contributed by atoms with Crippen molar-refractivity contribution in [3.63, 3.8) is 0 Å². The molecule has 0 radical (unpaired) electrons. The van der Waals surface area contributed by atoms with Crippen LogP contribution in [0.5, 0.6) is 5.75 Å². The minimum Gasteiger partial charge on any atom is -0.496 e. The van der Waals surface area contributed by atoms with Gasteiger partial charge in [0.15, 0.2) is 0 Å². The largest absolute Gasteiger partial charge is 0.496 e. The second kappa shape index (κ2) is 8.31. The maximum atomic E-state index is 12.5. The van der Waals surface area contributed by atoms with Crippen LogP contribution in [0.1, 0.15) is 41.3 Å². The highest BCUT2D eigenvalue weighted by atomic mass is 16.5. The Morgan fingerprint density at radius 2 is 2.04 bits per heavy atom. The second-order valence-corrected chi connectivity index (χ2v) is 6.27. The first-order valence-electron chi connectivity index (χ1n) is 8.29. The molecule has 1 aliphatic rings. The SMILES string of the molecule is COc1cc(C)c(C(=O)NCCN2CCOCC2)cc1C(C)C. The van der Waals surface area contributed by atoms with E-state index in [1.54, 1.807) is 7.11 Å². The smallest absolute Gasteiger partial charge is 0.251 e. The van der Waals surface area contributed by atoms with E-state index in [-0.39, 0.29) is 5.91 Å². The molecular weight excluding hydrogens is 292 g/mol. The molecule has 0 spiro atoms. The van der Waals surface area contributed by atoms with E-state index in [4.69, 9.17) is 9.47 Å². The fourth-order valence-electron chi connectivity index (χ4n) is 2.82. The van der Waals surface area contributed by atoms with Gasteiger partial charge in [0.25, 0.3) is 5.91 Å². The van der Waals surface area contributed by atoms with Crippen molar-refractivity contribution < 1.29 is 14.3 Å². The minimum atomic E-state index is -0.0136. The molecule has 0 aliphatic carbocycles. The van der Waals surface area contributed by atoms with Gasteiger partial charge < -0.3 is 14.8 Å². The molecule has 5 nitrogen and oxygen atoms in total. The molecule has 1 aromatic rings. The molecule has 128 valence electrons. The standard InChI is InChI=1S/C18H28N2O3/c1-13(2)15-12-16(14(3)11-17(15)22-4)18(21)19-5-6-20-7-9-23-10-8-20/h11-13H,5-10H2,1-4H3,(H,19,21). The van der Waals surface area contributed by atoms with Crippen molar-refractivity contribution in [1.82, 2.24) is 10.2 Å². The molecule has 23 heavy (non-hydrogen) atoms. The monoisotopic (exact) mass is 320 g/mol. The Morgan fingerprint density at radius 3 is 2.65 bits per heavy atom. The molecule has 2 rings (SSSR count). The number of hydrogen-bond acceptors (Lipinski definition) is 4. The van der Waals surface area contributed by atoms with Crippen LogP contribution >= 0.6 is 0 Å². The lowest BCUT2D eigenvalue weighted by atomic mass is 9.96. The van der Waals surface area contributed by atoms with Crippen LogP contribution < -0.4 is 10.1 Å². The summed E-state index contributed by atoms with van der Waals surface area (Å²) in [7, 11) is 1.67. The number of nitrogens with zero attached hydrogens (tertiary/aromatic N) is 1. The maximum Gasteiger partial charge on any atom is 0.251 e. The first-order valence-corrected chi connectivity index (χ1v) is 8.29. The second-order valence-electron chi connectivity index (χ2n) is 6.27. The molecule has 1 amide bonds. The molecule has 1 aromatic carbocycles. The molecule has 5 heteroatoms. The summed E-state index contributed by atoms with van der Waals surface area (Å²) >= 11 is 0. The van der Waals surface area contributed by atoms with Gasteiger partial charge >= 0.3 is 0 Å². The highest BCUT2D eigenvalue weighted by molar-refractivity contribution is 5.96. The normalized spacial score (nSPS) is 15.7. The van der Waals surface area contributed by atoms with E-state index in [0.717, 1.165) is 55.3 Å². The first-order chi connectivity index (χ1) is 11.0. The zero-order valence-corrected chi connectivity index (χ0v) is 14.6. The van der Waals surface area contributed by atoms with Gasteiger partial charge in [-0.3, -0.25) is 9.69 Å². The van der Waals surface area contributed by atoms with Gasteiger partial charge in [0.05, 0.1) is 20.3 Å². The van der Waals surface area contributed by atoms with Crippen LogP contribution in [0.2, 0.25) is 0 Å². The predicted octanol–water partition coefficient (Wildman–Crippen LogP) is 2.19. The van der Waals surface area contributed by atoms with Crippen LogP contribution in [0.3, 0.4) is 0 Å². The number of amides is 1. The Bertz CT molecular complexity index is 537. The highest BCUT2D eigenvalue weighted by Crippen LogP contribution is 2.29. The molecule has 0 saturated carbocycles. The third kappa shape index (κ3) is 4.69. The van der Waals surface area contributed by atoms with Crippen molar-refractivity contribution in [1.29, 1.82) is 0 Å². The number of morpholine rings is 1. The summed E-state index contributed by atoms with van der Waals surface area (Å²) in [6.45, 7) is 11.1. The first kappa shape index (κ1) is 17.8. The number of nitrogens with one attached hydrogen (secondary N) is 1. The van der Waals surface area contributed by atoms with Crippen molar-refractivity contribution in [3.8, 4) is 5.75 Å². The van der Waals surface area contributed by atoms with E-state index in [1.807, 2.05) is 19.1 Å². The molecular formula is C18H28N2O3. The average Bonchev–Trinajstić information content (AvgIpc) is 2.55. The lowest BCUT2D eigenvalue weighted by Gasteiger charge is -2.26. The molecule has 0 bridgehead atoms. The zero-order valence-electron chi connectivity index (χ0n) is 14.6. The fourth-order valence-corrected chi connectivity index (χ4v) is 2.82. The topological polar surface area (TPSA) is 50.8 Å². The summed E-state index contributed by atoms with van der Waals surface area (Å²) in [5.74, 6) is 1.15. The number of methoxy groups -OCH3 is 1. The van der Waals surface area contributed by atoms with Gasteiger partial charge in [0, 0.05) is 31.7 Å². The summed E-state index contributed by atoms with van der Waals surface area (Å²) in [4.78, 5) is 14.8. The van der Waals surface area contributed by atoms with Gasteiger partial charge in [-0.05, 0) is 36.1 Å². The molecule has 0 atom stereocenters. The summed E-state index contributed by atoms with van der Waals surface area (Å²) < 4.78 is 10.8. The number of hydrogen-bond donors (Lipinski definition) is 1. The van der Waals surface area contributed by atoms with Crippen LogP contribution in [-0.2, 0) is 4.74 Å². The summed E-state index contributed by atoms with van der Waals surface area (Å²) in [6, 6.07) is 3.91. The highest BCUT2D eigenvalue weighted by Gasteiger charge is 2.16. The molecule has 1 N–H and O–H groups in total. The van der Waals surface area contributed by atoms with Gasteiger partial charge in [-0.25, -0.2) is 0 Å². The van der Waals surface area contributed by atoms with Crippen molar-refractivity contribution >= 4 is 5.91 Å². The Morgan fingerprint density at radius 1 is 1.35 bits per heavy atom. The minimum absolute atomic E-state index is 0.0136. The van der Waals surface area contributed by atoms with E-state index in [9.17, 15) is 4.79 Å². The third-order valence-electron chi connectivity index (χ3n) is 4.26. The van der Waals surface area contributed by atoms with E-state index in [2.05, 4.69) is 24.1 Å². The van der Waals surface area contributed by atoms with Crippen LogP contribution in [0.15, 0.2) is 12.1 Å². The Balaban J connectivity index is 1.99. The predicted molar refractivity (Wildman–Crippen MR) is 91.4 cm³/mol. The van der Waals surface area contributed by atoms with Crippen LogP contribution in [0.25, 0.3) is 0 Å². The molecule has 1 aliphatic heterocycles. The van der Waals surface area contributed by atoms with E-state index >= 15 is 0 Å². The van der Waals surface area contributed by atoms with Crippen molar-refractivity contribution in [3.05, 3.63) is 28.8 Å². The lowest BCUT2D eigenvalue weighted by Crippen LogP contribution is -2.41. The molecule has 0 unspecified atom stereocenters. The quantitative estimate of drug-likeness (QED) is 0.873. The maximum absolute atomic E-state index is 12.5. The summed E-state index contributed by atoms with van der Waals surface area (Å²) in [5.41, 5.74) is 2.74. The van der Waals surface area contributed by atoms with Gasteiger partial charge in [-0.15, -0.1) is 0 Å². The van der Waals surface area contributed by atoms with Crippen molar-refractivity contribution in [2.24, 2.45) is 0 Å². The van der Waals surface area contributed by atoms with E-state index in [0.29, 0.717) is 12.5 Å². The van der Waals surface area contributed by atoms with E-state index in [1.165, 1.54) is 0 Å². The fraction of sp³-hybridized carbons (Fsp3) is 0.611. The van der Waals surface area contributed by atoms with Crippen molar-refractivity contribution in [2.45, 2.75) is 26.7 Å². The van der Waals surface area contributed by atoms with Crippen LogP contribution in [0, 0.1) is 6.92 Å². The Hall–Kier alpha value is -1.59. The number of rotatable bonds is 6. The van der Waals surface area contributed by atoms with Crippen molar-refractivity contribution in [2.75, 3.05) is 46.5 Å². The van der Waals surface area contributed by atoms with Gasteiger partial charge in [-0.1, -0.05) is 13.8 Å². The van der Waals surface area contributed by atoms with E-state index < -0.39 is 0 Å². The molecule has 1 saturated heterocycles. The number of ether oxygens (including phenoxy) is 2. The number of benzene rings is 1. The molecule has 1 fully saturated rings. The summed E-state index contributed by atoms with van der Waals surface area (Å²) in [5, 5.41) is 3.03. The van der Waals surface area contributed by atoms with Gasteiger partial charge in [0.1, 0.15) is 5.75 Å². The number of carbonyl (C=O) groups excluding carboxylic acids is 1. The third-order valence-corrected chi connectivity index (χ3v) is 4.26. The summed E-state index contributed by atoms with van der Waals surface area (Å²) in [6.07, 6.45) is 0. The Labute approximate surface area is 139 Å². The number of carbonyl (C=O) groups is 1.